The molecule has 0 aliphatic rings. The molecule has 0 aromatic carbocycles. The Bertz CT molecular complexity index is 304. The van der Waals surface area contributed by atoms with E-state index in [1.54, 1.807) is 12.4 Å². The first-order valence-corrected chi connectivity index (χ1v) is 4.67. The molecule has 1 aromatic heterocycles. The molecule has 1 aromatic rings. The number of hydrogen-bond acceptors (Lipinski definition) is 4. The van der Waals surface area contributed by atoms with Crippen molar-refractivity contribution in [3.05, 3.63) is 24.3 Å². The van der Waals surface area contributed by atoms with Crippen molar-refractivity contribution in [1.29, 1.82) is 0 Å². The molecule has 0 aliphatic carbocycles. The zero-order valence-corrected chi connectivity index (χ0v) is 8.33. The van der Waals surface area contributed by atoms with Gasteiger partial charge in [0.25, 0.3) is 0 Å². The number of nitrogens with two attached hydrogens (primary N) is 1. The zero-order chi connectivity index (χ0) is 11.1. The molecule has 6 nitrogen and oxygen atoms in total. The van der Waals surface area contributed by atoms with Gasteiger partial charge in [-0.05, 0) is 13.0 Å². The number of carboxylic acid groups (broad SMARTS) is 1. The van der Waals surface area contributed by atoms with Gasteiger partial charge in [0.05, 0.1) is 18.4 Å². The molecule has 0 atom stereocenters. The summed E-state index contributed by atoms with van der Waals surface area (Å²) in [5.74, 6) is 0. The molecular formula is C9H14N4O2. The molecule has 0 radical (unpaired) electrons. The Morgan fingerprint density at radius 3 is 2.87 bits per heavy atom. The summed E-state index contributed by atoms with van der Waals surface area (Å²) >= 11 is 0. The Labute approximate surface area is 87.8 Å². The van der Waals surface area contributed by atoms with Crippen LogP contribution in [0.2, 0.25) is 0 Å². The van der Waals surface area contributed by atoms with Gasteiger partial charge in [-0.25, -0.2) is 4.79 Å². The first-order valence-electron chi connectivity index (χ1n) is 4.67. The van der Waals surface area contributed by atoms with E-state index in [1.165, 1.54) is 11.1 Å². The van der Waals surface area contributed by atoms with Crippen molar-refractivity contribution in [3.8, 4) is 0 Å². The summed E-state index contributed by atoms with van der Waals surface area (Å²) < 4.78 is 0. The van der Waals surface area contributed by atoms with Crippen molar-refractivity contribution in [2.24, 2.45) is 5.73 Å². The summed E-state index contributed by atoms with van der Waals surface area (Å²) in [4.78, 5) is 20.0. The Morgan fingerprint density at radius 2 is 2.33 bits per heavy atom. The number of nitrogens with zero attached hydrogens (tertiary/aromatic N) is 3. The van der Waals surface area contributed by atoms with Crippen molar-refractivity contribution >= 4 is 6.09 Å². The third-order valence-corrected chi connectivity index (χ3v) is 1.87. The fraction of sp³-hybridized carbons (Fsp3) is 0.444. The number of amides is 1. The molecule has 0 fully saturated rings. The monoisotopic (exact) mass is 210 g/mol. The van der Waals surface area contributed by atoms with Crippen LogP contribution in [0, 0.1) is 0 Å². The molecule has 6 heteroatoms. The minimum atomic E-state index is -0.964. The van der Waals surface area contributed by atoms with E-state index in [-0.39, 0.29) is 6.54 Å². The maximum Gasteiger partial charge on any atom is 0.407 e. The van der Waals surface area contributed by atoms with Crippen LogP contribution in [0.4, 0.5) is 4.79 Å². The van der Waals surface area contributed by atoms with E-state index in [9.17, 15) is 4.79 Å². The highest BCUT2D eigenvalue weighted by molar-refractivity contribution is 5.64. The van der Waals surface area contributed by atoms with Crippen molar-refractivity contribution < 1.29 is 9.90 Å². The molecule has 0 aliphatic heterocycles. The molecule has 0 saturated carbocycles. The van der Waals surface area contributed by atoms with Crippen molar-refractivity contribution in [1.82, 2.24) is 14.9 Å². The maximum absolute atomic E-state index is 10.8. The molecule has 3 N–H and O–H groups in total. The highest BCUT2D eigenvalue weighted by Crippen LogP contribution is 2.00. The van der Waals surface area contributed by atoms with Crippen LogP contribution in [-0.4, -0.2) is 39.2 Å². The quantitative estimate of drug-likeness (QED) is 0.729. The molecule has 1 amide bonds. The fourth-order valence-corrected chi connectivity index (χ4v) is 1.13. The van der Waals surface area contributed by atoms with E-state index >= 15 is 0 Å². The fourth-order valence-electron chi connectivity index (χ4n) is 1.13. The number of carbonyl (C=O) groups is 1. The van der Waals surface area contributed by atoms with Gasteiger partial charge >= 0.3 is 6.09 Å². The van der Waals surface area contributed by atoms with Crippen LogP contribution >= 0.6 is 0 Å². The third kappa shape index (κ3) is 3.90. The first-order chi connectivity index (χ1) is 7.24. The summed E-state index contributed by atoms with van der Waals surface area (Å²) in [5, 5.41) is 8.90. The van der Waals surface area contributed by atoms with E-state index in [4.69, 9.17) is 10.8 Å². The maximum atomic E-state index is 10.8. The lowest BCUT2D eigenvalue weighted by molar-refractivity contribution is 0.141. The van der Waals surface area contributed by atoms with Gasteiger partial charge in [-0.2, -0.15) is 0 Å². The summed E-state index contributed by atoms with van der Waals surface area (Å²) in [7, 11) is 0. The zero-order valence-electron chi connectivity index (χ0n) is 8.33. The second-order valence-corrected chi connectivity index (χ2v) is 3.04. The molecule has 1 rings (SSSR count). The van der Waals surface area contributed by atoms with E-state index in [2.05, 4.69) is 9.97 Å². The molecule has 0 spiro atoms. The molecular weight excluding hydrogens is 196 g/mol. The summed E-state index contributed by atoms with van der Waals surface area (Å²) in [5.41, 5.74) is 5.96. The summed E-state index contributed by atoms with van der Waals surface area (Å²) in [6.45, 7) is 1.15. The molecule has 0 bridgehead atoms. The van der Waals surface area contributed by atoms with Gasteiger partial charge in [0.2, 0.25) is 0 Å². The van der Waals surface area contributed by atoms with Gasteiger partial charge < -0.3 is 15.7 Å². The van der Waals surface area contributed by atoms with E-state index in [0.29, 0.717) is 25.2 Å². The highest BCUT2D eigenvalue weighted by Gasteiger charge is 2.11. The predicted octanol–water partition coefficient (Wildman–Crippen LogP) is 0.305. The first kappa shape index (κ1) is 11.4. The standard InChI is InChI=1S/C9H14N4O2/c10-2-1-5-13(9(14)15)7-8-6-11-3-4-12-8/h3-4,6H,1-2,5,7,10H2,(H,14,15). The Kier molecular flexibility index (Phi) is 4.49. The number of rotatable bonds is 5. The van der Waals surface area contributed by atoms with Gasteiger partial charge in [-0.3, -0.25) is 9.97 Å². The van der Waals surface area contributed by atoms with Gasteiger partial charge in [-0.1, -0.05) is 0 Å². The topological polar surface area (TPSA) is 92.3 Å². The van der Waals surface area contributed by atoms with Crippen molar-refractivity contribution in [2.75, 3.05) is 13.1 Å². The lowest BCUT2D eigenvalue weighted by atomic mass is 10.3. The molecule has 0 saturated heterocycles. The number of aromatic nitrogens is 2. The average molecular weight is 210 g/mol. The normalized spacial score (nSPS) is 9.93. The lowest BCUT2D eigenvalue weighted by Crippen LogP contribution is -2.31. The van der Waals surface area contributed by atoms with Gasteiger partial charge in [0.15, 0.2) is 0 Å². The molecule has 82 valence electrons. The second-order valence-electron chi connectivity index (χ2n) is 3.04. The highest BCUT2D eigenvalue weighted by atomic mass is 16.4. The minimum absolute atomic E-state index is 0.253. The smallest absolute Gasteiger partial charge is 0.407 e. The molecule has 15 heavy (non-hydrogen) atoms. The van der Waals surface area contributed by atoms with Crippen LogP contribution < -0.4 is 5.73 Å². The van der Waals surface area contributed by atoms with Crippen LogP contribution in [0.5, 0.6) is 0 Å². The van der Waals surface area contributed by atoms with Crippen LogP contribution in [0.3, 0.4) is 0 Å². The lowest BCUT2D eigenvalue weighted by Gasteiger charge is -2.17. The Hall–Kier alpha value is -1.69. The van der Waals surface area contributed by atoms with Crippen molar-refractivity contribution in [2.45, 2.75) is 13.0 Å². The van der Waals surface area contributed by atoms with Crippen LogP contribution in [0.1, 0.15) is 12.1 Å². The van der Waals surface area contributed by atoms with E-state index < -0.39 is 6.09 Å². The summed E-state index contributed by atoms with van der Waals surface area (Å²) in [6.07, 6.45) is 4.33. The Balaban J connectivity index is 2.55. The van der Waals surface area contributed by atoms with Gasteiger partial charge in [0.1, 0.15) is 0 Å². The van der Waals surface area contributed by atoms with Gasteiger partial charge in [-0.15, -0.1) is 0 Å². The van der Waals surface area contributed by atoms with Gasteiger partial charge in [0, 0.05) is 18.9 Å². The van der Waals surface area contributed by atoms with Crippen LogP contribution in [-0.2, 0) is 6.54 Å². The number of hydrogen-bond donors (Lipinski definition) is 2. The summed E-state index contributed by atoms with van der Waals surface area (Å²) in [6, 6.07) is 0. The molecule has 0 unspecified atom stereocenters. The van der Waals surface area contributed by atoms with Crippen LogP contribution in [0.15, 0.2) is 18.6 Å². The second kappa shape index (κ2) is 5.92. The van der Waals surface area contributed by atoms with Crippen molar-refractivity contribution in [3.63, 3.8) is 0 Å². The Morgan fingerprint density at radius 1 is 1.53 bits per heavy atom. The third-order valence-electron chi connectivity index (χ3n) is 1.87. The predicted molar refractivity (Wildman–Crippen MR) is 54.1 cm³/mol. The SMILES string of the molecule is NCCCN(Cc1cnccn1)C(=O)O. The van der Waals surface area contributed by atoms with Crippen LogP contribution in [0.25, 0.3) is 0 Å². The van der Waals surface area contributed by atoms with E-state index in [1.807, 2.05) is 0 Å². The largest absolute Gasteiger partial charge is 0.465 e. The molecule has 1 heterocycles. The average Bonchev–Trinajstić information content (AvgIpc) is 2.25. The van der Waals surface area contributed by atoms with E-state index in [0.717, 1.165) is 0 Å². The minimum Gasteiger partial charge on any atom is -0.465 e.